The SMILES string of the molecule is C[C@@H]1C[C@H](N)C[C@H](c2ccncc2NC(=O)c2ccc(F)c(-c3c(F)cc(C4(F)COC4)cc3F)n2)C1. The molecule has 0 radical (unpaired) electrons. The third-order valence-corrected chi connectivity index (χ3v) is 7.06. The van der Waals surface area contributed by atoms with Crippen molar-refractivity contribution in [2.75, 3.05) is 18.5 Å². The van der Waals surface area contributed by atoms with Gasteiger partial charge in [0.05, 0.1) is 30.7 Å². The van der Waals surface area contributed by atoms with Gasteiger partial charge in [0.2, 0.25) is 0 Å². The van der Waals surface area contributed by atoms with Crippen LogP contribution in [0.1, 0.15) is 53.7 Å². The number of nitrogens with zero attached hydrogens (tertiary/aromatic N) is 2. The van der Waals surface area contributed by atoms with Gasteiger partial charge in [-0.1, -0.05) is 6.92 Å². The number of benzene rings is 1. The van der Waals surface area contributed by atoms with E-state index in [1.165, 1.54) is 6.20 Å². The Balaban J connectivity index is 1.44. The lowest BCUT2D eigenvalue weighted by atomic mass is 9.76. The first-order valence-corrected chi connectivity index (χ1v) is 12.1. The van der Waals surface area contributed by atoms with Crippen molar-refractivity contribution in [3.8, 4) is 11.3 Å². The maximum Gasteiger partial charge on any atom is 0.274 e. The van der Waals surface area contributed by atoms with Gasteiger partial charge in [0.1, 0.15) is 28.8 Å². The summed E-state index contributed by atoms with van der Waals surface area (Å²) in [5.74, 6) is -3.57. The largest absolute Gasteiger partial charge is 0.374 e. The molecule has 3 heterocycles. The maximum atomic E-state index is 14.9. The Morgan fingerprint density at radius 3 is 2.46 bits per heavy atom. The molecule has 0 spiro atoms. The molecule has 10 heteroatoms. The topological polar surface area (TPSA) is 90.1 Å². The van der Waals surface area contributed by atoms with Crippen molar-refractivity contribution in [3.63, 3.8) is 0 Å². The van der Waals surface area contributed by atoms with Crippen LogP contribution in [0, 0.1) is 23.4 Å². The minimum absolute atomic E-state index is 0.0482. The molecular weight excluding hydrogens is 488 g/mol. The highest BCUT2D eigenvalue weighted by atomic mass is 19.2. The average Bonchev–Trinajstić information content (AvgIpc) is 2.82. The van der Waals surface area contributed by atoms with E-state index in [9.17, 15) is 22.4 Å². The van der Waals surface area contributed by atoms with Gasteiger partial charge in [0, 0.05) is 12.2 Å². The van der Waals surface area contributed by atoms with Crippen LogP contribution in [-0.4, -0.2) is 35.1 Å². The van der Waals surface area contributed by atoms with Crippen molar-refractivity contribution in [2.45, 2.75) is 43.8 Å². The number of halogens is 4. The predicted octanol–water partition coefficient (Wildman–Crippen LogP) is 5.24. The number of ether oxygens (including phenoxy) is 1. The van der Waals surface area contributed by atoms with E-state index >= 15 is 0 Å². The Morgan fingerprint density at radius 1 is 1.08 bits per heavy atom. The van der Waals surface area contributed by atoms with Crippen LogP contribution >= 0.6 is 0 Å². The van der Waals surface area contributed by atoms with Gasteiger partial charge in [-0.25, -0.2) is 22.5 Å². The van der Waals surface area contributed by atoms with E-state index in [4.69, 9.17) is 10.5 Å². The number of hydrogen-bond donors (Lipinski definition) is 2. The van der Waals surface area contributed by atoms with Crippen LogP contribution in [0.25, 0.3) is 11.3 Å². The third kappa shape index (κ3) is 4.95. The van der Waals surface area contributed by atoms with Crippen LogP contribution < -0.4 is 11.1 Å². The zero-order chi connectivity index (χ0) is 26.3. The summed E-state index contributed by atoms with van der Waals surface area (Å²) < 4.78 is 63.8. The molecule has 5 rings (SSSR count). The van der Waals surface area contributed by atoms with E-state index < -0.39 is 40.3 Å². The first-order chi connectivity index (χ1) is 17.6. The number of carbonyl (C=O) groups is 1. The van der Waals surface area contributed by atoms with Gasteiger partial charge in [-0.05, 0) is 72.6 Å². The standard InChI is InChI=1S/C27H26F4N4O2/c1-14-6-15(8-17(32)7-14)18-4-5-33-11-23(18)35-26(36)22-3-2-19(28)25(34-22)24-20(29)9-16(10-21(24)30)27(31)12-37-13-27/h2-5,9-11,14-15,17H,6-8,12-13,32H2,1H3,(H,35,36)/t14-,15+,17-/m0/s1. The minimum atomic E-state index is -2.00. The molecule has 6 nitrogen and oxygen atoms in total. The highest BCUT2D eigenvalue weighted by Crippen LogP contribution is 2.39. The van der Waals surface area contributed by atoms with Crippen LogP contribution in [0.3, 0.4) is 0 Å². The normalized spacial score (nSPS) is 22.8. The molecule has 3 N–H and O–H groups in total. The second-order valence-corrected chi connectivity index (χ2v) is 9.99. The van der Waals surface area contributed by atoms with Crippen molar-refractivity contribution >= 4 is 11.6 Å². The number of amides is 1. The summed E-state index contributed by atoms with van der Waals surface area (Å²) in [5, 5.41) is 2.75. The summed E-state index contributed by atoms with van der Waals surface area (Å²) in [6.45, 7) is 1.48. The van der Waals surface area contributed by atoms with Gasteiger partial charge >= 0.3 is 0 Å². The van der Waals surface area contributed by atoms with Gasteiger partial charge in [0.25, 0.3) is 5.91 Å². The average molecular weight is 515 g/mol. The molecule has 1 saturated carbocycles. The number of alkyl halides is 1. The summed E-state index contributed by atoms with van der Waals surface area (Å²) >= 11 is 0. The van der Waals surface area contributed by atoms with E-state index in [-0.39, 0.29) is 36.4 Å². The molecule has 1 aliphatic carbocycles. The van der Waals surface area contributed by atoms with Crippen molar-refractivity contribution in [3.05, 3.63) is 77.0 Å². The summed E-state index contributed by atoms with van der Waals surface area (Å²) in [4.78, 5) is 21.1. The van der Waals surface area contributed by atoms with Gasteiger partial charge < -0.3 is 15.8 Å². The van der Waals surface area contributed by atoms with Crippen molar-refractivity contribution in [1.82, 2.24) is 9.97 Å². The number of aromatic nitrogens is 2. The van der Waals surface area contributed by atoms with Crippen LogP contribution in [0.15, 0.2) is 42.7 Å². The number of nitrogens with two attached hydrogens (primary N) is 1. The molecule has 1 amide bonds. The first kappa shape index (κ1) is 25.3. The molecular formula is C27H26F4N4O2. The molecule has 3 atom stereocenters. The Labute approximate surface area is 211 Å². The molecule has 2 fully saturated rings. The number of rotatable bonds is 5. The Kier molecular flexibility index (Phi) is 6.72. The Bertz CT molecular complexity index is 1310. The predicted molar refractivity (Wildman–Crippen MR) is 129 cm³/mol. The van der Waals surface area contributed by atoms with E-state index in [0.717, 1.165) is 49.1 Å². The third-order valence-electron chi connectivity index (χ3n) is 7.06. The number of anilines is 1. The Morgan fingerprint density at radius 2 is 1.81 bits per heavy atom. The van der Waals surface area contributed by atoms with Crippen LogP contribution in [0.5, 0.6) is 0 Å². The molecule has 2 aromatic heterocycles. The molecule has 0 bridgehead atoms. The molecule has 1 saturated heterocycles. The van der Waals surface area contributed by atoms with Crippen molar-refractivity contribution in [1.29, 1.82) is 0 Å². The van der Waals surface area contributed by atoms with E-state index in [1.54, 1.807) is 6.20 Å². The fourth-order valence-electron chi connectivity index (χ4n) is 5.21. The highest BCUT2D eigenvalue weighted by Gasteiger charge is 2.42. The number of pyridine rings is 2. The second-order valence-electron chi connectivity index (χ2n) is 9.99. The molecule has 0 unspecified atom stereocenters. The quantitative estimate of drug-likeness (QED) is 0.455. The smallest absolute Gasteiger partial charge is 0.274 e. The molecule has 1 aromatic carbocycles. The summed E-state index contributed by atoms with van der Waals surface area (Å²) in [6.07, 6.45) is 5.74. The molecule has 2 aliphatic rings. The molecule has 3 aromatic rings. The summed E-state index contributed by atoms with van der Waals surface area (Å²) in [5.41, 5.74) is 3.58. The van der Waals surface area contributed by atoms with Crippen LogP contribution in [0.2, 0.25) is 0 Å². The van der Waals surface area contributed by atoms with Gasteiger partial charge in [-0.3, -0.25) is 9.78 Å². The van der Waals surface area contributed by atoms with Gasteiger partial charge in [-0.15, -0.1) is 0 Å². The lowest BCUT2D eigenvalue weighted by Crippen LogP contribution is -2.42. The first-order valence-electron chi connectivity index (χ1n) is 12.1. The second kappa shape index (κ2) is 9.83. The lowest BCUT2D eigenvalue weighted by Gasteiger charge is -2.34. The summed E-state index contributed by atoms with van der Waals surface area (Å²) in [6, 6.07) is 5.50. The maximum absolute atomic E-state index is 14.9. The number of carbonyl (C=O) groups excluding carboxylic acids is 1. The molecule has 37 heavy (non-hydrogen) atoms. The minimum Gasteiger partial charge on any atom is -0.374 e. The van der Waals surface area contributed by atoms with Gasteiger partial charge in [0.15, 0.2) is 5.67 Å². The molecule has 1 aliphatic heterocycles. The fourth-order valence-corrected chi connectivity index (χ4v) is 5.21. The fraction of sp³-hybridized carbons (Fsp3) is 0.370. The molecule has 194 valence electrons. The highest BCUT2D eigenvalue weighted by molar-refractivity contribution is 6.03. The monoisotopic (exact) mass is 514 g/mol. The number of hydrogen-bond acceptors (Lipinski definition) is 5. The number of nitrogens with one attached hydrogen (secondary N) is 1. The lowest BCUT2D eigenvalue weighted by molar-refractivity contribution is -0.135. The zero-order valence-corrected chi connectivity index (χ0v) is 20.1. The van der Waals surface area contributed by atoms with E-state index in [2.05, 4.69) is 22.2 Å². The van der Waals surface area contributed by atoms with E-state index in [1.807, 2.05) is 6.07 Å². The van der Waals surface area contributed by atoms with Crippen LogP contribution in [-0.2, 0) is 10.4 Å². The zero-order valence-electron chi connectivity index (χ0n) is 20.1. The van der Waals surface area contributed by atoms with Crippen molar-refractivity contribution < 1.29 is 27.1 Å². The van der Waals surface area contributed by atoms with E-state index in [0.29, 0.717) is 11.6 Å². The Hall–Kier alpha value is -3.37. The van der Waals surface area contributed by atoms with Gasteiger partial charge in [-0.2, -0.15) is 0 Å². The van der Waals surface area contributed by atoms with Crippen LogP contribution in [0.4, 0.5) is 23.2 Å². The summed E-state index contributed by atoms with van der Waals surface area (Å²) in [7, 11) is 0. The van der Waals surface area contributed by atoms with Crippen molar-refractivity contribution in [2.24, 2.45) is 11.7 Å².